The highest BCUT2D eigenvalue weighted by Gasteiger charge is 2.47. The van der Waals surface area contributed by atoms with E-state index in [0.29, 0.717) is 6.54 Å². The first-order chi connectivity index (χ1) is 11.2. The van der Waals surface area contributed by atoms with Crippen molar-refractivity contribution < 1.29 is 23.1 Å². The normalized spacial score (nSPS) is 21.9. The predicted octanol–water partition coefficient (Wildman–Crippen LogP) is 1.41. The van der Waals surface area contributed by atoms with Gasteiger partial charge in [0.2, 0.25) is 5.91 Å². The number of carboxylic acid groups (broad SMARTS) is 1. The van der Waals surface area contributed by atoms with Gasteiger partial charge in [0.25, 0.3) is 0 Å². The Morgan fingerprint density at radius 3 is 2.54 bits per heavy atom. The van der Waals surface area contributed by atoms with Gasteiger partial charge in [-0.1, -0.05) is 24.3 Å². The van der Waals surface area contributed by atoms with E-state index in [4.69, 9.17) is 0 Å². The summed E-state index contributed by atoms with van der Waals surface area (Å²) in [5.41, 5.74) is 1.16. The fourth-order valence-corrected chi connectivity index (χ4v) is 5.05. The lowest BCUT2D eigenvalue weighted by Gasteiger charge is -2.33. The van der Waals surface area contributed by atoms with E-state index in [-0.39, 0.29) is 24.6 Å². The second kappa shape index (κ2) is 5.88. The first-order valence-electron chi connectivity index (χ1n) is 7.95. The number of rotatable bonds is 5. The van der Waals surface area contributed by atoms with Crippen LogP contribution in [0.15, 0.2) is 24.3 Å². The number of hydrogen-bond acceptors (Lipinski definition) is 4. The van der Waals surface area contributed by atoms with Crippen molar-refractivity contribution in [3.8, 4) is 0 Å². The van der Waals surface area contributed by atoms with Crippen LogP contribution >= 0.6 is 0 Å². The summed E-state index contributed by atoms with van der Waals surface area (Å²) in [5, 5.41) is 9.47. The highest BCUT2D eigenvalue weighted by atomic mass is 32.2. The molecule has 0 spiro atoms. The fraction of sp³-hybridized carbons (Fsp3) is 0.529. The average Bonchev–Trinajstić information content (AvgIpc) is 3.22. The van der Waals surface area contributed by atoms with E-state index in [2.05, 4.69) is 0 Å². The van der Waals surface area contributed by atoms with Crippen molar-refractivity contribution >= 4 is 21.7 Å². The minimum absolute atomic E-state index is 0.0263. The third-order valence-electron chi connectivity index (χ3n) is 4.90. The SMILES string of the molecule is CS(=O)(=O)CC1(CC(=O)N2Cc3ccccc3C(C(=O)O)C2)CC1. The molecular formula is C17H21NO5S. The van der Waals surface area contributed by atoms with Gasteiger partial charge in [-0.25, -0.2) is 8.42 Å². The Balaban J connectivity index is 1.76. The number of fused-ring (bicyclic) bond motifs is 1. The van der Waals surface area contributed by atoms with Gasteiger partial charge in [0.05, 0.1) is 11.7 Å². The molecule has 2 aliphatic rings. The molecule has 1 aromatic carbocycles. The zero-order chi connectivity index (χ0) is 17.5. The molecule has 1 aliphatic carbocycles. The minimum Gasteiger partial charge on any atom is -0.481 e. The number of amides is 1. The molecule has 0 radical (unpaired) electrons. The van der Waals surface area contributed by atoms with Gasteiger partial charge in [-0.15, -0.1) is 0 Å². The van der Waals surface area contributed by atoms with Crippen molar-refractivity contribution in [1.82, 2.24) is 4.90 Å². The van der Waals surface area contributed by atoms with Crippen molar-refractivity contribution in [1.29, 1.82) is 0 Å². The van der Waals surface area contributed by atoms with E-state index < -0.39 is 27.1 Å². The number of aliphatic carboxylic acids is 1. The van der Waals surface area contributed by atoms with Crippen molar-refractivity contribution in [3.63, 3.8) is 0 Å². The first-order valence-corrected chi connectivity index (χ1v) is 10.0. The van der Waals surface area contributed by atoms with Crippen LogP contribution in [0.5, 0.6) is 0 Å². The van der Waals surface area contributed by atoms with Crippen molar-refractivity contribution in [2.75, 3.05) is 18.6 Å². The summed E-state index contributed by atoms with van der Waals surface area (Å²) in [5.74, 6) is -1.81. The molecule has 1 unspecified atom stereocenters. The lowest BCUT2D eigenvalue weighted by molar-refractivity contribution is -0.141. The molecule has 24 heavy (non-hydrogen) atoms. The molecule has 1 N–H and O–H groups in total. The summed E-state index contributed by atoms with van der Waals surface area (Å²) in [6, 6.07) is 7.27. The number of benzene rings is 1. The molecule has 1 saturated carbocycles. The van der Waals surface area contributed by atoms with Crippen LogP contribution in [-0.4, -0.2) is 48.9 Å². The Hall–Kier alpha value is -1.89. The number of carbonyl (C=O) groups excluding carboxylic acids is 1. The van der Waals surface area contributed by atoms with Gasteiger partial charge in [-0.2, -0.15) is 0 Å². The number of carbonyl (C=O) groups is 2. The zero-order valence-electron chi connectivity index (χ0n) is 13.6. The van der Waals surface area contributed by atoms with Crippen LogP contribution in [0.3, 0.4) is 0 Å². The number of hydrogen-bond donors (Lipinski definition) is 1. The molecular weight excluding hydrogens is 330 g/mol. The van der Waals surface area contributed by atoms with Gasteiger partial charge in [0.15, 0.2) is 0 Å². The molecule has 1 heterocycles. The third-order valence-corrected chi connectivity index (χ3v) is 6.03. The van der Waals surface area contributed by atoms with Crippen molar-refractivity contribution in [2.24, 2.45) is 5.41 Å². The molecule has 1 fully saturated rings. The molecule has 1 atom stereocenters. The van der Waals surface area contributed by atoms with Crippen LogP contribution < -0.4 is 0 Å². The first kappa shape index (κ1) is 17.0. The molecule has 1 aliphatic heterocycles. The van der Waals surface area contributed by atoms with Crippen LogP contribution in [0, 0.1) is 5.41 Å². The van der Waals surface area contributed by atoms with Gasteiger partial charge in [-0.3, -0.25) is 9.59 Å². The zero-order valence-corrected chi connectivity index (χ0v) is 14.4. The third kappa shape index (κ3) is 3.61. The Morgan fingerprint density at radius 1 is 1.29 bits per heavy atom. The molecule has 0 aromatic heterocycles. The van der Waals surface area contributed by atoms with Crippen LogP contribution in [0.25, 0.3) is 0 Å². The second-order valence-corrected chi connectivity index (χ2v) is 9.25. The minimum atomic E-state index is -3.13. The molecule has 1 amide bonds. The molecule has 130 valence electrons. The quantitative estimate of drug-likeness (QED) is 0.866. The fourth-order valence-electron chi connectivity index (χ4n) is 3.55. The maximum absolute atomic E-state index is 12.7. The maximum Gasteiger partial charge on any atom is 0.312 e. The Bertz CT molecular complexity index is 782. The van der Waals surface area contributed by atoms with E-state index in [0.717, 1.165) is 24.0 Å². The Morgan fingerprint density at radius 2 is 1.96 bits per heavy atom. The lowest BCUT2D eigenvalue weighted by Crippen LogP contribution is -2.41. The number of carboxylic acids is 1. The summed E-state index contributed by atoms with van der Waals surface area (Å²) in [7, 11) is -3.13. The average molecular weight is 351 g/mol. The van der Waals surface area contributed by atoms with E-state index in [1.165, 1.54) is 6.26 Å². The Labute approximate surface area is 141 Å². The highest BCUT2D eigenvalue weighted by molar-refractivity contribution is 7.90. The van der Waals surface area contributed by atoms with Crippen LogP contribution in [0.2, 0.25) is 0 Å². The molecule has 7 heteroatoms. The van der Waals surface area contributed by atoms with Gasteiger partial charge in [0, 0.05) is 25.8 Å². The van der Waals surface area contributed by atoms with Gasteiger partial charge < -0.3 is 10.0 Å². The molecule has 6 nitrogen and oxygen atoms in total. The highest BCUT2D eigenvalue weighted by Crippen LogP contribution is 2.50. The van der Waals surface area contributed by atoms with E-state index in [1.807, 2.05) is 12.1 Å². The van der Waals surface area contributed by atoms with Crippen molar-refractivity contribution in [2.45, 2.75) is 31.7 Å². The monoisotopic (exact) mass is 351 g/mol. The maximum atomic E-state index is 12.7. The number of sulfone groups is 1. The molecule has 1 aromatic rings. The molecule has 3 rings (SSSR count). The standard InChI is InChI=1S/C17H21NO5S/c1-24(22,23)11-17(6-7-17)8-15(19)18-9-12-4-2-3-5-13(12)14(10-18)16(20)21/h2-5,14H,6-11H2,1H3,(H,20,21). The summed E-state index contributed by atoms with van der Waals surface area (Å²) in [4.78, 5) is 25.8. The summed E-state index contributed by atoms with van der Waals surface area (Å²) in [6.07, 6.45) is 2.83. The largest absolute Gasteiger partial charge is 0.481 e. The predicted molar refractivity (Wildman–Crippen MR) is 88.2 cm³/mol. The topological polar surface area (TPSA) is 91.8 Å². The lowest BCUT2D eigenvalue weighted by atomic mass is 9.89. The van der Waals surface area contributed by atoms with Gasteiger partial charge in [-0.05, 0) is 29.4 Å². The van der Waals surface area contributed by atoms with E-state index in [9.17, 15) is 23.1 Å². The Kier molecular flexibility index (Phi) is 4.15. The van der Waals surface area contributed by atoms with E-state index >= 15 is 0 Å². The van der Waals surface area contributed by atoms with E-state index in [1.54, 1.807) is 17.0 Å². The smallest absolute Gasteiger partial charge is 0.312 e. The second-order valence-electron chi connectivity index (χ2n) is 7.11. The number of nitrogens with zero attached hydrogens (tertiary/aromatic N) is 1. The molecule has 0 saturated heterocycles. The van der Waals surface area contributed by atoms with Crippen LogP contribution in [-0.2, 0) is 26.0 Å². The van der Waals surface area contributed by atoms with Crippen molar-refractivity contribution in [3.05, 3.63) is 35.4 Å². The molecule has 0 bridgehead atoms. The van der Waals surface area contributed by atoms with Crippen LogP contribution in [0.1, 0.15) is 36.3 Å². The summed E-state index contributed by atoms with van der Waals surface area (Å²) in [6.45, 7) is 0.522. The van der Waals surface area contributed by atoms with Gasteiger partial charge >= 0.3 is 5.97 Å². The summed E-state index contributed by atoms with van der Waals surface area (Å²) >= 11 is 0. The van der Waals surface area contributed by atoms with Gasteiger partial charge in [0.1, 0.15) is 9.84 Å². The van der Waals surface area contributed by atoms with Crippen LogP contribution in [0.4, 0.5) is 0 Å². The summed E-state index contributed by atoms with van der Waals surface area (Å²) < 4.78 is 23.1.